The van der Waals surface area contributed by atoms with Crippen molar-refractivity contribution in [3.8, 4) is 5.88 Å². The van der Waals surface area contributed by atoms with E-state index in [1.54, 1.807) is 39.0 Å². The van der Waals surface area contributed by atoms with Crippen molar-refractivity contribution in [1.29, 1.82) is 0 Å². The molecule has 0 aromatic carbocycles. The van der Waals surface area contributed by atoms with Gasteiger partial charge in [0.2, 0.25) is 5.88 Å². The third-order valence-corrected chi connectivity index (χ3v) is 3.95. The van der Waals surface area contributed by atoms with Gasteiger partial charge >= 0.3 is 6.09 Å². The molecule has 2 aromatic heterocycles. The van der Waals surface area contributed by atoms with Crippen LogP contribution in [0.25, 0.3) is 17.1 Å². The maximum atomic E-state index is 14.3. The minimum absolute atomic E-state index is 0.236. The first-order chi connectivity index (χ1) is 13.7. The molecule has 0 spiro atoms. The summed E-state index contributed by atoms with van der Waals surface area (Å²) in [5.74, 6) is -0.157. The molecule has 9 heteroatoms. The third kappa shape index (κ3) is 5.61. The topological polar surface area (TPSA) is 91.8 Å². The van der Waals surface area contributed by atoms with Crippen molar-refractivity contribution in [1.82, 2.24) is 15.3 Å². The van der Waals surface area contributed by atoms with Gasteiger partial charge in [-0.3, -0.25) is 4.98 Å². The monoisotopic (exact) mass is 405 g/mol. The number of ether oxygens (including phenoxy) is 4. The van der Waals surface area contributed by atoms with Gasteiger partial charge in [-0.25, -0.2) is 14.2 Å². The molecular weight excluding hydrogens is 381 g/mol. The minimum Gasteiger partial charge on any atom is -0.481 e. The number of nitrogens with zero attached hydrogens (tertiary/aromatic N) is 2. The largest absolute Gasteiger partial charge is 0.481 e. The van der Waals surface area contributed by atoms with Crippen LogP contribution >= 0.6 is 0 Å². The maximum absolute atomic E-state index is 14.3. The van der Waals surface area contributed by atoms with Gasteiger partial charge in [0.15, 0.2) is 12.1 Å². The number of fused-ring (bicyclic) bond motifs is 1. The van der Waals surface area contributed by atoms with Gasteiger partial charge in [-0.05, 0) is 39.0 Å². The SMILES string of the molecule is COc1ccc2ncc(F)c(/C=C/C3OCC(NC(=O)OC(C)(C)C)CO3)c2n1. The summed E-state index contributed by atoms with van der Waals surface area (Å²) in [7, 11) is 1.49. The average Bonchev–Trinajstić information content (AvgIpc) is 2.66. The Labute approximate surface area is 168 Å². The molecule has 3 rings (SSSR count). The summed E-state index contributed by atoms with van der Waals surface area (Å²) >= 11 is 0. The Morgan fingerprint density at radius 3 is 2.69 bits per heavy atom. The fourth-order valence-corrected chi connectivity index (χ4v) is 2.68. The molecule has 1 amide bonds. The van der Waals surface area contributed by atoms with Gasteiger partial charge in [-0.1, -0.05) is 0 Å². The number of pyridine rings is 2. The van der Waals surface area contributed by atoms with Gasteiger partial charge in [-0.2, -0.15) is 0 Å². The van der Waals surface area contributed by atoms with E-state index in [-0.39, 0.29) is 24.8 Å². The number of methoxy groups -OCH3 is 1. The fraction of sp³-hybridized carbons (Fsp3) is 0.450. The van der Waals surface area contributed by atoms with Crippen molar-refractivity contribution in [2.45, 2.75) is 38.7 Å². The number of hydrogen-bond acceptors (Lipinski definition) is 7. The van der Waals surface area contributed by atoms with Crippen LogP contribution in [0.2, 0.25) is 0 Å². The molecule has 156 valence electrons. The first kappa shape index (κ1) is 20.9. The molecule has 0 aliphatic carbocycles. The van der Waals surface area contributed by atoms with E-state index in [2.05, 4.69) is 15.3 Å². The lowest BCUT2D eigenvalue weighted by atomic mass is 10.1. The lowest BCUT2D eigenvalue weighted by Gasteiger charge is -2.29. The Balaban J connectivity index is 1.63. The molecule has 3 heterocycles. The summed E-state index contributed by atoms with van der Waals surface area (Å²) in [6.07, 6.45) is 3.05. The number of rotatable bonds is 4. The maximum Gasteiger partial charge on any atom is 0.408 e. The van der Waals surface area contributed by atoms with E-state index in [0.717, 1.165) is 6.20 Å². The third-order valence-electron chi connectivity index (χ3n) is 3.95. The van der Waals surface area contributed by atoms with E-state index in [4.69, 9.17) is 18.9 Å². The number of amides is 1. The second kappa shape index (κ2) is 8.71. The highest BCUT2D eigenvalue weighted by Crippen LogP contribution is 2.23. The van der Waals surface area contributed by atoms with Crippen molar-refractivity contribution >= 4 is 23.2 Å². The zero-order chi connectivity index (χ0) is 21.0. The van der Waals surface area contributed by atoms with Gasteiger partial charge in [0.05, 0.1) is 38.1 Å². The van der Waals surface area contributed by atoms with Crippen LogP contribution in [0, 0.1) is 5.82 Å². The summed E-state index contributed by atoms with van der Waals surface area (Å²) in [6, 6.07) is 3.03. The molecule has 0 unspecified atom stereocenters. The molecule has 1 fully saturated rings. The number of carbonyl (C=O) groups excluding carboxylic acids is 1. The van der Waals surface area contributed by atoms with Crippen LogP contribution in [0.15, 0.2) is 24.4 Å². The van der Waals surface area contributed by atoms with E-state index < -0.39 is 23.8 Å². The highest BCUT2D eigenvalue weighted by molar-refractivity contribution is 5.84. The molecule has 0 radical (unpaired) electrons. The van der Waals surface area contributed by atoms with E-state index in [9.17, 15) is 9.18 Å². The van der Waals surface area contributed by atoms with Crippen molar-refractivity contribution < 1.29 is 28.1 Å². The lowest BCUT2D eigenvalue weighted by molar-refractivity contribution is -0.161. The van der Waals surface area contributed by atoms with Gasteiger partial charge in [0.25, 0.3) is 0 Å². The van der Waals surface area contributed by atoms with Crippen LogP contribution in [-0.2, 0) is 14.2 Å². The average molecular weight is 405 g/mol. The van der Waals surface area contributed by atoms with Crippen molar-refractivity contribution in [2.75, 3.05) is 20.3 Å². The van der Waals surface area contributed by atoms with Gasteiger partial charge in [-0.15, -0.1) is 0 Å². The Kier molecular flexibility index (Phi) is 6.29. The normalized spacial score (nSPS) is 20.0. The Morgan fingerprint density at radius 1 is 1.31 bits per heavy atom. The molecule has 1 saturated heterocycles. The lowest BCUT2D eigenvalue weighted by Crippen LogP contribution is -2.48. The van der Waals surface area contributed by atoms with E-state index in [1.165, 1.54) is 13.2 Å². The predicted molar refractivity (Wildman–Crippen MR) is 104 cm³/mol. The van der Waals surface area contributed by atoms with Gasteiger partial charge in [0, 0.05) is 11.6 Å². The van der Waals surface area contributed by atoms with Crippen LogP contribution < -0.4 is 10.1 Å². The zero-order valence-corrected chi connectivity index (χ0v) is 16.8. The van der Waals surface area contributed by atoms with Crippen LogP contribution in [0.3, 0.4) is 0 Å². The number of nitrogens with one attached hydrogen (secondary N) is 1. The second-order valence-electron chi connectivity index (χ2n) is 7.48. The highest BCUT2D eigenvalue weighted by atomic mass is 19.1. The molecule has 8 nitrogen and oxygen atoms in total. The first-order valence-electron chi connectivity index (χ1n) is 9.15. The van der Waals surface area contributed by atoms with Crippen LogP contribution in [0.1, 0.15) is 26.3 Å². The highest BCUT2D eigenvalue weighted by Gasteiger charge is 2.24. The van der Waals surface area contributed by atoms with Crippen molar-refractivity contribution in [2.24, 2.45) is 0 Å². The number of halogens is 1. The number of carbonyl (C=O) groups is 1. The molecule has 1 aliphatic rings. The molecule has 29 heavy (non-hydrogen) atoms. The van der Waals surface area contributed by atoms with Crippen molar-refractivity contribution in [3.05, 3.63) is 35.8 Å². The zero-order valence-electron chi connectivity index (χ0n) is 16.8. The summed E-state index contributed by atoms with van der Waals surface area (Å²) in [5, 5.41) is 2.69. The summed E-state index contributed by atoms with van der Waals surface area (Å²) in [5.41, 5.74) is 0.592. The quantitative estimate of drug-likeness (QED) is 0.836. The first-order valence-corrected chi connectivity index (χ1v) is 9.15. The van der Waals surface area contributed by atoms with Crippen LogP contribution in [0.5, 0.6) is 5.88 Å². The molecule has 1 N–H and O–H groups in total. The van der Waals surface area contributed by atoms with Gasteiger partial charge in [0.1, 0.15) is 11.1 Å². The summed E-state index contributed by atoms with van der Waals surface area (Å²) in [4.78, 5) is 20.1. The molecule has 0 saturated carbocycles. The number of hydrogen-bond donors (Lipinski definition) is 1. The Morgan fingerprint density at radius 2 is 2.03 bits per heavy atom. The fourth-order valence-electron chi connectivity index (χ4n) is 2.68. The molecule has 0 bridgehead atoms. The van der Waals surface area contributed by atoms with Crippen LogP contribution in [0.4, 0.5) is 9.18 Å². The second-order valence-corrected chi connectivity index (χ2v) is 7.48. The van der Waals surface area contributed by atoms with E-state index in [1.807, 2.05) is 0 Å². The van der Waals surface area contributed by atoms with E-state index >= 15 is 0 Å². The predicted octanol–water partition coefficient (Wildman–Crippen LogP) is 3.06. The smallest absolute Gasteiger partial charge is 0.408 e. The van der Waals surface area contributed by atoms with E-state index in [0.29, 0.717) is 16.9 Å². The summed E-state index contributed by atoms with van der Waals surface area (Å²) < 4.78 is 35.8. The number of aromatic nitrogens is 2. The van der Waals surface area contributed by atoms with Crippen molar-refractivity contribution in [3.63, 3.8) is 0 Å². The Bertz CT molecular complexity index is 905. The Hall–Kier alpha value is -2.78. The minimum atomic E-state index is -0.681. The molecule has 1 aliphatic heterocycles. The standard InChI is InChI=1S/C20H24FN3O5/c1-20(2,3)29-19(25)23-12-10-27-17(28-11-12)8-5-13-14(21)9-22-15-6-7-16(26-4)24-18(13)15/h5-9,12,17H,10-11H2,1-4H3,(H,23,25)/b8-5+. The van der Waals surface area contributed by atoms with Gasteiger partial charge < -0.3 is 24.3 Å². The molecular formula is C20H24FN3O5. The number of alkyl carbamates (subject to hydrolysis) is 1. The molecule has 0 atom stereocenters. The van der Waals surface area contributed by atoms with Crippen LogP contribution in [-0.4, -0.2) is 54.3 Å². The summed E-state index contributed by atoms with van der Waals surface area (Å²) in [6.45, 7) is 5.83. The molecule has 2 aromatic rings.